The minimum absolute atomic E-state index is 0.0265. The normalized spacial score (nSPS) is 14.2. The molecule has 0 aromatic carbocycles. The lowest BCUT2D eigenvalue weighted by Crippen LogP contribution is -2.49. The molecule has 2 aromatic heterocycles. The van der Waals surface area contributed by atoms with Gasteiger partial charge in [0.25, 0.3) is 0 Å². The monoisotopic (exact) mass is 353 g/mol. The number of carbonyl (C=O) groups excluding carboxylic acids is 2. The summed E-state index contributed by atoms with van der Waals surface area (Å²) in [6, 6.07) is 11.4. The maximum absolute atomic E-state index is 12.3. The Labute approximate surface area is 153 Å². The molecule has 7 heteroatoms. The minimum Gasteiger partial charge on any atom is -0.353 e. The lowest BCUT2D eigenvalue weighted by molar-refractivity contribution is -0.133. The van der Waals surface area contributed by atoms with E-state index in [1.54, 1.807) is 12.4 Å². The summed E-state index contributed by atoms with van der Waals surface area (Å²) in [5, 5.41) is 2.80. The van der Waals surface area contributed by atoms with Gasteiger partial charge in [0, 0.05) is 51.4 Å². The first kappa shape index (κ1) is 17.8. The summed E-state index contributed by atoms with van der Waals surface area (Å²) in [4.78, 5) is 36.7. The second-order valence-electron chi connectivity index (χ2n) is 6.15. The van der Waals surface area contributed by atoms with E-state index in [9.17, 15) is 9.59 Å². The summed E-state index contributed by atoms with van der Waals surface area (Å²) in [5.74, 6) is 0.836. The molecule has 0 radical (unpaired) electrons. The molecule has 1 aliphatic heterocycles. The first-order valence-corrected chi connectivity index (χ1v) is 8.83. The van der Waals surface area contributed by atoms with Crippen LogP contribution in [0.15, 0.2) is 48.8 Å². The predicted octanol–water partition coefficient (Wildman–Crippen LogP) is 1.22. The van der Waals surface area contributed by atoms with Crippen molar-refractivity contribution in [2.45, 2.75) is 19.4 Å². The lowest BCUT2D eigenvalue weighted by atomic mass is 10.2. The number of amides is 2. The summed E-state index contributed by atoms with van der Waals surface area (Å²) < 4.78 is 0. The Bertz CT molecular complexity index is 715. The topological polar surface area (TPSA) is 78.4 Å². The smallest absolute Gasteiger partial charge is 0.223 e. The van der Waals surface area contributed by atoms with Gasteiger partial charge in [-0.15, -0.1) is 0 Å². The number of rotatable bonds is 6. The standard InChI is InChI=1S/C19H23N5O2/c25-18(22-15-16-5-1-3-9-20-16)7-8-19(26)24-13-11-23(12-14-24)17-6-2-4-10-21-17/h1-6,9-10H,7-8,11-15H2,(H,22,25). The lowest BCUT2D eigenvalue weighted by Gasteiger charge is -2.35. The molecule has 0 saturated carbocycles. The van der Waals surface area contributed by atoms with Gasteiger partial charge in [-0.25, -0.2) is 4.98 Å². The molecule has 136 valence electrons. The molecule has 0 atom stereocenters. The molecule has 26 heavy (non-hydrogen) atoms. The molecule has 0 spiro atoms. The Kier molecular flexibility index (Phi) is 6.14. The average molecular weight is 353 g/mol. The highest BCUT2D eigenvalue weighted by Gasteiger charge is 2.22. The third-order valence-corrected chi connectivity index (χ3v) is 4.36. The van der Waals surface area contributed by atoms with Gasteiger partial charge in [0.15, 0.2) is 0 Å². The van der Waals surface area contributed by atoms with Crippen molar-refractivity contribution < 1.29 is 9.59 Å². The zero-order valence-corrected chi connectivity index (χ0v) is 14.7. The number of carbonyl (C=O) groups is 2. The summed E-state index contributed by atoms with van der Waals surface area (Å²) in [6.07, 6.45) is 3.90. The fraction of sp³-hybridized carbons (Fsp3) is 0.368. The van der Waals surface area contributed by atoms with E-state index in [0.717, 1.165) is 24.6 Å². The van der Waals surface area contributed by atoms with Crippen LogP contribution < -0.4 is 10.2 Å². The third kappa shape index (κ3) is 5.02. The molecule has 0 aliphatic carbocycles. The number of anilines is 1. The molecule has 3 heterocycles. The van der Waals surface area contributed by atoms with E-state index in [-0.39, 0.29) is 24.7 Å². The van der Waals surface area contributed by atoms with Crippen molar-refractivity contribution in [2.24, 2.45) is 0 Å². The van der Waals surface area contributed by atoms with E-state index in [1.165, 1.54) is 0 Å². The number of nitrogens with one attached hydrogen (secondary N) is 1. The van der Waals surface area contributed by atoms with Crippen molar-refractivity contribution in [1.29, 1.82) is 0 Å². The molecule has 1 N–H and O–H groups in total. The van der Waals surface area contributed by atoms with Gasteiger partial charge in [0.05, 0.1) is 12.2 Å². The zero-order chi connectivity index (χ0) is 18.2. The van der Waals surface area contributed by atoms with Gasteiger partial charge in [-0.3, -0.25) is 14.6 Å². The fourth-order valence-corrected chi connectivity index (χ4v) is 2.88. The summed E-state index contributed by atoms with van der Waals surface area (Å²) >= 11 is 0. The first-order chi connectivity index (χ1) is 12.7. The van der Waals surface area contributed by atoms with Crippen LogP contribution in [0.1, 0.15) is 18.5 Å². The Morgan fingerprint density at radius 3 is 2.31 bits per heavy atom. The molecule has 0 bridgehead atoms. The molecule has 7 nitrogen and oxygen atoms in total. The second-order valence-corrected chi connectivity index (χ2v) is 6.15. The predicted molar refractivity (Wildman–Crippen MR) is 98.3 cm³/mol. The van der Waals surface area contributed by atoms with Crippen LogP contribution in [-0.4, -0.2) is 52.9 Å². The maximum atomic E-state index is 12.3. The van der Waals surface area contributed by atoms with E-state index < -0.39 is 0 Å². The SMILES string of the molecule is O=C(CCC(=O)N1CCN(c2ccccn2)CC1)NCc1ccccn1. The van der Waals surface area contributed by atoms with Gasteiger partial charge in [-0.1, -0.05) is 12.1 Å². The number of aromatic nitrogens is 2. The van der Waals surface area contributed by atoms with E-state index in [4.69, 9.17) is 0 Å². The molecule has 1 aliphatic rings. The van der Waals surface area contributed by atoms with Crippen molar-refractivity contribution in [3.05, 3.63) is 54.5 Å². The number of nitrogens with zero attached hydrogens (tertiary/aromatic N) is 4. The van der Waals surface area contributed by atoms with Crippen LogP contribution in [0.3, 0.4) is 0 Å². The van der Waals surface area contributed by atoms with Crippen LogP contribution in [0.2, 0.25) is 0 Å². The Morgan fingerprint density at radius 1 is 0.923 bits per heavy atom. The van der Waals surface area contributed by atoms with Gasteiger partial charge in [0.1, 0.15) is 5.82 Å². The van der Waals surface area contributed by atoms with Gasteiger partial charge in [0.2, 0.25) is 11.8 Å². The Balaban J connectivity index is 1.37. The number of hydrogen-bond donors (Lipinski definition) is 1. The Hall–Kier alpha value is -2.96. The maximum Gasteiger partial charge on any atom is 0.223 e. The van der Waals surface area contributed by atoms with Gasteiger partial charge < -0.3 is 15.1 Å². The van der Waals surface area contributed by atoms with Crippen molar-refractivity contribution in [2.75, 3.05) is 31.1 Å². The van der Waals surface area contributed by atoms with Gasteiger partial charge in [-0.2, -0.15) is 0 Å². The number of pyridine rings is 2. The Morgan fingerprint density at radius 2 is 1.65 bits per heavy atom. The van der Waals surface area contributed by atoms with Crippen LogP contribution in [-0.2, 0) is 16.1 Å². The molecule has 1 fully saturated rings. The average Bonchev–Trinajstić information content (AvgIpc) is 2.72. The minimum atomic E-state index is -0.129. The molecule has 3 rings (SSSR count). The molecule has 0 unspecified atom stereocenters. The van der Waals surface area contributed by atoms with Crippen LogP contribution >= 0.6 is 0 Å². The summed E-state index contributed by atoms with van der Waals surface area (Å²) in [5.41, 5.74) is 0.804. The molecular formula is C19H23N5O2. The number of piperazine rings is 1. The highest BCUT2D eigenvalue weighted by atomic mass is 16.2. The second kappa shape index (κ2) is 8.94. The first-order valence-electron chi connectivity index (χ1n) is 8.83. The summed E-state index contributed by atoms with van der Waals surface area (Å²) in [7, 11) is 0. The van der Waals surface area contributed by atoms with Gasteiger partial charge >= 0.3 is 0 Å². The molecule has 2 amide bonds. The van der Waals surface area contributed by atoms with Crippen molar-refractivity contribution >= 4 is 17.6 Å². The fourth-order valence-electron chi connectivity index (χ4n) is 2.88. The zero-order valence-electron chi connectivity index (χ0n) is 14.7. The van der Waals surface area contributed by atoms with Crippen molar-refractivity contribution in [1.82, 2.24) is 20.2 Å². The molecule has 1 saturated heterocycles. The van der Waals surface area contributed by atoms with Crippen LogP contribution in [0.5, 0.6) is 0 Å². The van der Waals surface area contributed by atoms with E-state index in [2.05, 4.69) is 20.2 Å². The van der Waals surface area contributed by atoms with Crippen LogP contribution in [0.4, 0.5) is 5.82 Å². The summed E-state index contributed by atoms with van der Waals surface area (Å²) in [6.45, 7) is 3.22. The van der Waals surface area contributed by atoms with E-state index in [1.807, 2.05) is 41.3 Å². The largest absolute Gasteiger partial charge is 0.353 e. The van der Waals surface area contributed by atoms with Crippen LogP contribution in [0.25, 0.3) is 0 Å². The highest BCUT2D eigenvalue weighted by Crippen LogP contribution is 2.13. The van der Waals surface area contributed by atoms with Crippen LogP contribution in [0, 0.1) is 0 Å². The van der Waals surface area contributed by atoms with E-state index >= 15 is 0 Å². The molecule has 2 aromatic rings. The highest BCUT2D eigenvalue weighted by molar-refractivity contribution is 5.83. The number of hydrogen-bond acceptors (Lipinski definition) is 5. The van der Waals surface area contributed by atoms with Gasteiger partial charge in [-0.05, 0) is 24.3 Å². The van der Waals surface area contributed by atoms with Crippen molar-refractivity contribution in [3.8, 4) is 0 Å². The van der Waals surface area contributed by atoms with Crippen molar-refractivity contribution in [3.63, 3.8) is 0 Å². The third-order valence-electron chi connectivity index (χ3n) is 4.36. The molecular weight excluding hydrogens is 330 g/mol. The van der Waals surface area contributed by atoms with E-state index in [0.29, 0.717) is 19.6 Å². The quantitative estimate of drug-likeness (QED) is 0.845.